The van der Waals surface area contributed by atoms with Crippen molar-refractivity contribution in [2.24, 2.45) is 0 Å². The van der Waals surface area contributed by atoms with Crippen molar-refractivity contribution >= 4 is 34.1 Å². The molecule has 5 nitrogen and oxygen atoms in total. The van der Waals surface area contributed by atoms with E-state index in [1.807, 2.05) is 86.5 Å². The van der Waals surface area contributed by atoms with Gasteiger partial charge in [-0.1, -0.05) is 48.0 Å². The van der Waals surface area contributed by atoms with Gasteiger partial charge in [-0.05, 0) is 48.4 Å². The van der Waals surface area contributed by atoms with Gasteiger partial charge in [0.15, 0.2) is 0 Å². The third-order valence-corrected chi connectivity index (χ3v) is 4.44. The van der Waals surface area contributed by atoms with Crippen LogP contribution in [0.5, 0.6) is 0 Å². The van der Waals surface area contributed by atoms with E-state index >= 15 is 0 Å². The number of amides is 3. The van der Waals surface area contributed by atoms with Crippen LogP contribution in [0.25, 0.3) is 10.8 Å². The van der Waals surface area contributed by atoms with E-state index in [1.165, 1.54) is 0 Å². The highest BCUT2D eigenvalue weighted by atomic mass is 16.2. The van der Waals surface area contributed by atoms with Crippen molar-refractivity contribution in [2.45, 2.75) is 13.8 Å². The quantitative estimate of drug-likeness (QED) is 0.731. The molecule has 0 radical (unpaired) electrons. The van der Waals surface area contributed by atoms with E-state index in [0.29, 0.717) is 5.69 Å². The number of nitrogens with zero attached hydrogens (tertiary/aromatic N) is 1. The molecule has 0 aliphatic rings. The molecule has 0 bridgehead atoms. The molecule has 0 fully saturated rings. The van der Waals surface area contributed by atoms with Crippen LogP contribution in [0.4, 0.5) is 16.2 Å². The number of benzene rings is 3. The molecule has 138 valence electrons. The van der Waals surface area contributed by atoms with Crippen LogP contribution in [-0.2, 0) is 4.79 Å². The average molecular weight is 361 g/mol. The van der Waals surface area contributed by atoms with E-state index in [1.54, 1.807) is 0 Å². The Kier molecular flexibility index (Phi) is 5.41. The number of urea groups is 1. The van der Waals surface area contributed by atoms with Crippen LogP contribution < -0.4 is 15.5 Å². The molecule has 0 saturated heterocycles. The maximum Gasteiger partial charge on any atom is 0.325 e. The van der Waals surface area contributed by atoms with Crippen LogP contribution >= 0.6 is 0 Å². The summed E-state index contributed by atoms with van der Waals surface area (Å²) in [6.45, 7) is 3.99. The van der Waals surface area contributed by atoms with Crippen molar-refractivity contribution in [1.82, 2.24) is 5.32 Å². The summed E-state index contributed by atoms with van der Waals surface area (Å²) in [5.74, 6) is -0.368. The van der Waals surface area contributed by atoms with E-state index in [0.717, 1.165) is 27.6 Å². The third kappa shape index (κ3) is 4.64. The molecule has 27 heavy (non-hydrogen) atoms. The standard InChI is InChI=1S/C22H23N3O2/c1-15-8-11-20(16(2)12-15)23-22(27)24-21(26)14-25(3)19-10-9-17-6-4-5-7-18(17)13-19/h4-13H,14H2,1-3H3,(H2,23,24,26,27). The maximum absolute atomic E-state index is 12.2. The number of fused-ring (bicyclic) bond motifs is 1. The Labute approximate surface area is 159 Å². The summed E-state index contributed by atoms with van der Waals surface area (Å²) in [5, 5.41) is 7.35. The van der Waals surface area contributed by atoms with Crippen molar-refractivity contribution in [3.05, 3.63) is 71.8 Å². The fourth-order valence-electron chi connectivity index (χ4n) is 2.99. The minimum atomic E-state index is -0.529. The lowest BCUT2D eigenvalue weighted by molar-refractivity contribution is -0.118. The van der Waals surface area contributed by atoms with Gasteiger partial charge < -0.3 is 10.2 Å². The molecule has 0 saturated carbocycles. The average Bonchev–Trinajstić information content (AvgIpc) is 2.63. The van der Waals surface area contributed by atoms with Crippen LogP contribution in [0.3, 0.4) is 0 Å². The van der Waals surface area contributed by atoms with Gasteiger partial charge in [0, 0.05) is 18.4 Å². The second-order valence-corrected chi connectivity index (χ2v) is 6.71. The number of anilines is 2. The van der Waals surface area contributed by atoms with Gasteiger partial charge in [0.25, 0.3) is 0 Å². The minimum Gasteiger partial charge on any atom is -0.365 e. The first kappa shape index (κ1) is 18.5. The van der Waals surface area contributed by atoms with E-state index in [2.05, 4.69) is 10.6 Å². The van der Waals surface area contributed by atoms with E-state index < -0.39 is 6.03 Å². The van der Waals surface area contributed by atoms with E-state index in [-0.39, 0.29) is 12.5 Å². The molecule has 3 aromatic rings. The molecule has 5 heteroatoms. The van der Waals surface area contributed by atoms with E-state index in [9.17, 15) is 9.59 Å². The highest BCUT2D eigenvalue weighted by molar-refractivity contribution is 6.02. The molecule has 0 aliphatic heterocycles. The summed E-state index contributed by atoms with van der Waals surface area (Å²) in [4.78, 5) is 26.1. The van der Waals surface area contributed by atoms with Crippen molar-refractivity contribution in [1.29, 1.82) is 0 Å². The second kappa shape index (κ2) is 7.91. The predicted octanol–water partition coefficient (Wildman–Crippen LogP) is 4.24. The number of aryl methyl sites for hydroxylation is 2. The first-order chi connectivity index (χ1) is 12.9. The molecule has 0 aliphatic carbocycles. The Bertz CT molecular complexity index is 998. The fraction of sp³-hybridized carbons (Fsp3) is 0.182. The number of imide groups is 1. The van der Waals surface area contributed by atoms with Gasteiger partial charge >= 0.3 is 6.03 Å². The van der Waals surface area contributed by atoms with Crippen molar-refractivity contribution in [2.75, 3.05) is 23.8 Å². The molecule has 0 heterocycles. The molecule has 0 aromatic heterocycles. The lowest BCUT2D eigenvalue weighted by Crippen LogP contribution is -2.40. The SMILES string of the molecule is Cc1ccc(NC(=O)NC(=O)CN(C)c2ccc3ccccc3c2)c(C)c1. The molecule has 2 N–H and O–H groups in total. The largest absolute Gasteiger partial charge is 0.365 e. The van der Waals surface area contributed by atoms with Gasteiger partial charge in [-0.15, -0.1) is 0 Å². The smallest absolute Gasteiger partial charge is 0.325 e. The van der Waals surface area contributed by atoms with Crippen LogP contribution in [-0.4, -0.2) is 25.5 Å². The second-order valence-electron chi connectivity index (χ2n) is 6.71. The number of nitrogens with one attached hydrogen (secondary N) is 2. The molecular formula is C22H23N3O2. The Morgan fingerprint density at radius 1 is 0.926 bits per heavy atom. The van der Waals surface area contributed by atoms with Crippen molar-refractivity contribution in [3.8, 4) is 0 Å². The molecule has 3 aromatic carbocycles. The molecule has 0 spiro atoms. The summed E-state index contributed by atoms with van der Waals surface area (Å²) >= 11 is 0. The first-order valence-electron chi connectivity index (χ1n) is 8.80. The van der Waals surface area contributed by atoms with Gasteiger partial charge in [0.05, 0.1) is 6.54 Å². The van der Waals surface area contributed by atoms with Crippen LogP contribution in [0.1, 0.15) is 11.1 Å². The molecule has 0 atom stereocenters. The summed E-state index contributed by atoms with van der Waals surface area (Å²) in [6, 6.07) is 19.3. The van der Waals surface area contributed by atoms with Gasteiger partial charge in [0.2, 0.25) is 5.91 Å². The highest BCUT2D eigenvalue weighted by Crippen LogP contribution is 2.21. The highest BCUT2D eigenvalue weighted by Gasteiger charge is 2.12. The predicted molar refractivity (Wildman–Crippen MR) is 110 cm³/mol. The van der Waals surface area contributed by atoms with Gasteiger partial charge in [-0.2, -0.15) is 0 Å². The number of rotatable bonds is 4. The maximum atomic E-state index is 12.2. The normalized spacial score (nSPS) is 10.5. The molecule has 3 rings (SSSR count). The third-order valence-electron chi connectivity index (χ3n) is 4.44. The van der Waals surface area contributed by atoms with Crippen molar-refractivity contribution in [3.63, 3.8) is 0 Å². The number of hydrogen-bond donors (Lipinski definition) is 2. The first-order valence-corrected chi connectivity index (χ1v) is 8.80. The molecule has 3 amide bonds. The Morgan fingerprint density at radius 3 is 2.41 bits per heavy atom. The van der Waals surface area contributed by atoms with Gasteiger partial charge in [0.1, 0.15) is 0 Å². The lowest BCUT2D eigenvalue weighted by Gasteiger charge is -2.19. The Balaban J connectivity index is 1.59. The molecule has 0 unspecified atom stereocenters. The van der Waals surface area contributed by atoms with Gasteiger partial charge in [-0.3, -0.25) is 10.1 Å². The number of carbonyl (C=O) groups excluding carboxylic acids is 2. The zero-order chi connectivity index (χ0) is 19.4. The monoisotopic (exact) mass is 361 g/mol. The minimum absolute atomic E-state index is 0.0820. The topological polar surface area (TPSA) is 61.4 Å². The summed E-state index contributed by atoms with van der Waals surface area (Å²) in [7, 11) is 1.83. The van der Waals surface area contributed by atoms with Gasteiger partial charge in [-0.25, -0.2) is 4.79 Å². The van der Waals surface area contributed by atoms with Crippen LogP contribution in [0, 0.1) is 13.8 Å². The Hall–Kier alpha value is -3.34. The number of hydrogen-bond acceptors (Lipinski definition) is 3. The number of likely N-dealkylation sites (N-methyl/N-ethyl adjacent to an activating group) is 1. The fourth-order valence-corrected chi connectivity index (χ4v) is 2.99. The van der Waals surface area contributed by atoms with Crippen LogP contribution in [0.2, 0.25) is 0 Å². The zero-order valence-electron chi connectivity index (χ0n) is 15.7. The summed E-state index contributed by atoms with van der Waals surface area (Å²) in [5.41, 5.74) is 3.67. The Morgan fingerprint density at radius 2 is 1.67 bits per heavy atom. The molecular weight excluding hydrogens is 338 g/mol. The number of carbonyl (C=O) groups is 2. The van der Waals surface area contributed by atoms with Crippen molar-refractivity contribution < 1.29 is 9.59 Å². The van der Waals surface area contributed by atoms with Crippen LogP contribution in [0.15, 0.2) is 60.7 Å². The summed E-state index contributed by atoms with van der Waals surface area (Å²) in [6.07, 6.45) is 0. The van der Waals surface area contributed by atoms with E-state index in [4.69, 9.17) is 0 Å². The summed E-state index contributed by atoms with van der Waals surface area (Å²) < 4.78 is 0. The zero-order valence-corrected chi connectivity index (χ0v) is 15.7. The lowest BCUT2D eigenvalue weighted by atomic mass is 10.1.